The summed E-state index contributed by atoms with van der Waals surface area (Å²) in [7, 11) is 0. The molecule has 18 heavy (non-hydrogen) atoms. The Hall–Kier alpha value is -1.39. The summed E-state index contributed by atoms with van der Waals surface area (Å²) in [5.41, 5.74) is 0. The van der Waals surface area contributed by atoms with Crippen molar-refractivity contribution in [2.45, 2.75) is 40.0 Å². The first kappa shape index (κ1) is 14.7. The molecule has 0 amide bonds. The standard InChI is InChI=1S/C13H22FN3O/c1-4-7-15-13-16-9-11(14)12(17-13)18-8-5-6-10(2)3/h9-10H,4-8H2,1-3H3,(H,15,16,17). The number of nitrogens with one attached hydrogen (secondary N) is 1. The van der Waals surface area contributed by atoms with Gasteiger partial charge in [0.2, 0.25) is 11.8 Å². The fourth-order valence-electron chi connectivity index (χ4n) is 1.44. The highest BCUT2D eigenvalue weighted by molar-refractivity contribution is 5.28. The van der Waals surface area contributed by atoms with E-state index < -0.39 is 5.82 Å². The minimum Gasteiger partial charge on any atom is -0.475 e. The summed E-state index contributed by atoms with van der Waals surface area (Å²) in [5, 5.41) is 3.00. The van der Waals surface area contributed by atoms with Crippen LogP contribution in [0.3, 0.4) is 0 Å². The molecule has 0 atom stereocenters. The van der Waals surface area contributed by atoms with Gasteiger partial charge in [-0.1, -0.05) is 20.8 Å². The lowest BCUT2D eigenvalue weighted by atomic mass is 10.1. The first-order chi connectivity index (χ1) is 8.63. The van der Waals surface area contributed by atoms with Gasteiger partial charge < -0.3 is 10.1 Å². The van der Waals surface area contributed by atoms with Crippen molar-refractivity contribution in [3.8, 4) is 5.88 Å². The van der Waals surface area contributed by atoms with Crippen LogP contribution in [0, 0.1) is 11.7 Å². The minimum atomic E-state index is -0.512. The van der Waals surface area contributed by atoms with Crippen LogP contribution in [0.15, 0.2) is 6.20 Å². The maximum atomic E-state index is 13.4. The van der Waals surface area contributed by atoms with Crippen molar-refractivity contribution in [2.24, 2.45) is 5.92 Å². The zero-order chi connectivity index (χ0) is 13.4. The predicted molar refractivity (Wildman–Crippen MR) is 70.3 cm³/mol. The molecule has 102 valence electrons. The van der Waals surface area contributed by atoms with Crippen LogP contribution in [0.4, 0.5) is 10.3 Å². The largest absolute Gasteiger partial charge is 0.475 e. The van der Waals surface area contributed by atoms with Crippen LogP contribution >= 0.6 is 0 Å². The molecule has 0 aromatic carbocycles. The summed E-state index contributed by atoms with van der Waals surface area (Å²) in [6.45, 7) is 7.59. The molecule has 1 aromatic rings. The number of anilines is 1. The van der Waals surface area contributed by atoms with Crippen LogP contribution in [-0.2, 0) is 0 Å². The van der Waals surface area contributed by atoms with Gasteiger partial charge in [0.05, 0.1) is 12.8 Å². The molecule has 1 N–H and O–H groups in total. The molecular weight excluding hydrogens is 233 g/mol. The Morgan fingerprint density at radius 2 is 2.22 bits per heavy atom. The van der Waals surface area contributed by atoms with Crippen LogP contribution in [0.5, 0.6) is 5.88 Å². The van der Waals surface area contributed by atoms with Crippen molar-refractivity contribution in [2.75, 3.05) is 18.5 Å². The monoisotopic (exact) mass is 255 g/mol. The topological polar surface area (TPSA) is 47.0 Å². The van der Waals surface area contributed by atoms with Crippen molar-refractivity contribution in [3.63, 3.8) is 0 Å². The molecule has 1 rings (SSSR count). The normalized spacial score (nSPS) is 10.7. The van der Waals surface area contributed by atoms with E-state index in [-0.39, 0.29) is 5.88 Å². The lowest BCUT2D eigenvalue weighted by molar-refractivity contribution is 0.272. The van der Waals surface area contributed by atoms with E-state index in [2.05, 4.69) is 29.1 Å². The number of hydrogen-bond donors (Lipinski definition) is 1. The molecule has 0 bridgehead atoms. The third-order valence-electron chi connectivity index (χ3n) is 2.41. The zero-order valence-electron chi connectivity index (χ0n) is 11.4. The predicted octanol–water partition coefficient (Wildman–Crippen LogP) is 3.25. The van der Waals surface area contributed by atoms with Crippen LogP contribution < -0.4 is 10.1 Å². The van der Waals surface area contributed by atoms with Crippen molar-refractivity contribution in [3.05, 3.63) is 12.0 Å². The summed E-state index contributed by atoms with van der Waals surface area (Å²) in [6.07, 6.45) is 4.07. The van der Waals surface area contributed by atoms with Gasteiger partial charge in [-0.15, -0.1) is 0 Å². The second kappa shape index (κ2) is 7.84. The smallest absolute Gasteiger partial charge is 0.255 e. The van der Waals surface area contributed by atoms with Crippen LogP contribution in [0.2, 0.25) is 0 Å². The highest BCUT2D eigenvalue weighted by atomic mass is 19.1. The Bertz CT molecular complexity index is 358. The SMILES string of the molecule is CCCNc1ncc(F)c(OCCCC(C)C)n1. The average molecular weight is 255 g/mol. The van der Waals surface area contributed by atoms with E-state index in [1.807, 2.05) is 6.92 Å². The first-order valence-corrected chi connectivity index (χ1v) is 6.52. The summed E-state index contributed by atoms with van der Waals surface area (Å²) in [5.74, 6) is 0.566. The van der Waals surface area contributed by atoms with Gasteiger partial charge in [-0.2, -0.15) is 9.37 Å². The molecular formula is C13H22FN3O. The van der Waals surface area contributed by atoms with Crippen molar-refractivity contribution in [1.82, 2.24) is 9.97 Å². The summed E-state index contributed by atoms with van der Waals surface area (Å²) in [6, 6.07) is 0. The number of nitrogens with zero attached hydrogens (tertiary/aromatic N) is 2. The van der Waals surface area contributed by atoms with E-state index in [0.717, 1.165) is 32.0 Å². The molecule has 1 aromatic heterocycles. The second-order valence-corrected chi connectivity index (χ2v) is 4.66. The molecule has 0 aliphatic carbocycles. The summed E-state index contributed by atoms with van der Waals surface area (Å²) >= 11 is 0. The summed E-state index contributed by atoms with van der Waals surface area (Å²) in [4.78, 5) is 7.86. The minimum absolute atomic E-state index is 0.0346. The highest BCUT2D eigenvalue weighted by Crippen LogP contribution is 2.15. The van der Waals surface area contributed by atoms with Crippen LogP contribution in [0.25, 0.3) is 0 Å². The van der Waals surface area contributed by atoms with E-state index in [4.69, 9.17) is 4.74 Å². The Labute approximate surface area is 108 Å². The number of aromatic nitrogens is 2. The van der Waals surface area contributed by atoms with Crippen molar-refractivity contribution >= 4 is 5.95 Å². The molecule has 0 aliphatic rings. The van der Waals surface area contributed by atoms with Gasteiger partial charge in [0.1, 0.15) is 0 Å². The Balaban J connectivity index is 2.47. The quantitative estimate of drug-likeness (QED) is 0.724. The van der Waals surface area contributed by atoms with Crippen molar-refractivity contribution in [1.29, 1.82) is 0 Å². The Kier molecular flexibility index (Phi) is 6.39. The van der Waals surface area contributed by atoms with E-state index >= 15 is 0 Å². The highest BCUT2D eigenvalue weighted by Gasteiger charge is 2.08. The van der Waals surface area contributed by atoms with Gasteiger partial charge >= 0.3 is 0 Å². The fraction of sp³-hybridized carbons (Fsp3) is 0.692. The van der Waals surface area contributed by atoms with Gasteiger partial charge in [-0.05, 0) is 25.2 Å². The maximum absolute atomic E-state index is 13.4. The molecule has 0 aliphatic heterocycles. The zero-order valence-corrected chi connectivity index (χ0v) is 11.4. The number of halogens is 1. The van der Waals surface area contributed by atoms with E-state index in [0.29, 0.717) is 18.5 Å². The average Bonchev–Trinajstić information content (AvgIpc) is 2.34. The maximum Gasteiger partial charge on any atom is 0.255 e. The van der Waals surface area contributed by atoms with Gasteiger partial charge in [-0.3, -0.25) is 0 Å². The molecule has 1 heterocycles. The lowest BCUT2D eigenvalue weighted by Gasteiger charge is -2.09. The molecule has 4 nitrogen and oxygen atoms in total. The summed E-state index contributed by atoms with van der Waals surface area (Å²) < 4.78 is 18.7. The molecule has 0 saturated carbocycles. The molecule has 0 radical (unpaired) electrons. The Morgan fingerprint density at radius 3 is 2.89 bits per heavy atom. The van der Waals surface area contributed by atoms with Crippen molar-refractivity contribution < 1.29 is 9.13 Å². The van der Waals surface area contributed by atoms with E-state index in [9.17, 15) is 4.39 Å². The molecule has 0 unspecified atom stereocenters. The number of ether oxygens (including phenoxy) is 1. The van der Waals surface area contributed by atoms with E-state index in [1.54, 1.807) is 0 Å². The van der Waals surface area contributed by atoms with Gasteiger partial charge in [0, 0.05) is 6.54 Å². The Morgan fingerprint density at radius 1 is 1.44 bits per heavy atom. The molecule has 5 heteroatoms. The lowest BCUT2D eigenvalue weighted by Crippen LogP contribution is -2.08. The number of rotatable bonds is 8. The number of hydrogen-bond acceptors (Lipinski definition) is 4. The fourth-order valence-corrected chi connectivity index (χ4v) is 1.44. The van der Waals surface area contributed by atoms with Crippen LogP contribution in [0.1, 0.15) is 40.0 Å². The van der Waals surface area contributed by atoms with Gasteiger partial charge in [-0.25, -0.2) is 4.98 Å². The second-order valence-electron chi connectivity index (χ2n) is 4.66. The third-order valence-corrected chi connectivity index (χ3v) is 2.41. The van der Waals surface area contributed by atoms with E-state index in [1.165, 1.54) is 0 Å². The van der Waals surface area contributed by atoms with Crippen LogP contribution in [-0.4, -0.2) is 23.1 Å². The van der Waals surface area contributed by atoms with Gasteiger partial charge in [0.25, 0.3) is 5.88 Å². The third kappa shape index (κ3) is 5.29. The molecule has 0 spiro atoms. The molecule has 0 fully saturated rings. The molecule has 0 saturated heterocycles. The van der Waals surface area contributed by atoms with Gasteiger partial charge in [0.15, 0.2) is 0 Å². The first-order valence-electron chi connectivity index (χ1n) is 6.52.